The fourth-order valence-electron chi connectivity index (χ4n) is 9.63. The van der Waals surface area contributed by atoms with Crippen molar-refractivity contribution in [3.8, 4) is 33.4 Å². The lowest BCUT2D eigenvalue weighted by Gasteiger charge is -2.27. The maximum atomic E-state index is 6.90. The Morgan fingerprint density at radius 2 is 0.887 bits per heavy atom. The molecule has 0 aliphatic carbocycles. The van der Waals surface area contributed by atoms with Gasteiger partial charge in [0, 0.05) is 58.8 Å². The maximum Gasteiger partial charge on any atom is 0.145 e. The van der Waals surface area contributed by atoms with Crippen molar-refractivity contribution in [2.75, 3.05) is 4.90 Å². The zero-order valence-electron chi connectivity index (χ0n) is 33.4. The van der Waals surface area contributed by atoms with Crippen LogP contribution in [0.15, 0.2) is 221 Å². The number of nitrogens with zero attached hydrogens (tertiary/aromatic N) is 1. The van der Waals surface area contributed by atoms with Crippen LogP contribution >= 0.6 is 11.3 Å². The van der Waals surface area contributed by atoms with Crippen LogP contribution in [0.25, 0.3) is 108 Å². The van der Waals surface area contributed by atoms with Crippen molar-refractivity contribution in [3.05, 3.63) is 212 Å². The first kappa shape index (κ1) is 34.9. The molecule has 13 rings (SSSR count). The number of furan rings is 2. The molecule has 10 aromatic carbocycles. The first-order chi connectivity index (χ1) is 30.7. The van der Waals surface area contributed by atoms with Gasteiger partial charge in [0.1, 0.15) is 22.3 Å². The van der Waals surface area contributed by atoms with Crippen LogP contribution in [0, 0.1) is 0 Å². The van der Waals surface area contributed by atoms with Crippen molar-refractivity contribution in [1.29, 1.82) is 0 Å². The molecule has 290 valence electrons. The Balaban J connectivity index is 1.01. The van der Waals surface area contributed by atoms with Gasteiger partial charge in [-0.05, 0) is 87.6 Å². The van der Waals surface area contributed by atoms with Gasteiger partial charge in [0.2, 0.25) is 0 Å². The van der Waals surface area contributed by atoms with E-state index in [-0.39, 0.29) is 0 Å². The predicted molar refractivity (Wildman–Crippen MR) is 262 cm³/mol. The topological polar surface area (TPSA) is 29.5 Å². The minimum absolute atomic E-state index is 0.859. The molecule has 0 N–H and O–H groups in total. The smallest absolute Gasteiger partial charge is 0.145 e. The summed E-state index contributed by atoms with van der Waals surface area (Å²) in [6, 6.07) is 76.1. The van der Waals surface area contributed by atoms with Crippen LogP contribution < -0.4 is 4.90 Å². The second kappa shape index (κ2) is 13.8. The molecule has 3 nitrogen and oxygen atoms in total. The van der Waals surface area contributed by atoms with Crippen LogP contribution in [-0.2, 0) is 0 Å². The van der Waals surface area contributed by atoms with E-state index in [1.54, 1.807) is 0 Å². The number of benzene rings is 10. The Hall–Kier alpha value is -7.92. The lowest BCUT2D eigenvalue weighted by atomic mass is 9.95. The molecule has 0 fully saturated rings. The number of thiophene rings is 1. The number of fused-ring (bicyclic) bond motifs is 10. The summed E-state index contributed by atoms with van der Waals surface area (Å²) < 4.78 is 16.0. The molecule has 0 atom stereocenters. The summed E-state index contributed by atoms with van der Waals surface area (Å²) in [6.07, 6.45) is 0. The zero-order valence-corrected chi connectivity index (χ0v) is 34.2. The summed E-state index contributed by atoms with van der Waals surface area (Å²) in [5.41, 5.74) is 13.5. The van der Waals surface area contributed by atoms with Crippen molar-refractivity contribution in [2.24, 2.45) is 0 Å². The minimum atomic E-state index is 0.859. The van der Waals surface area contributed by atoms with Gasteiger partial charge in [0.25, 0.3) is 0 Å². The van der Waals surface area contributed by atoms with Gasteiger partial charge in [-0.25, -0.2) is 0 Å². The molecule has 0 bridgehead atoms. The second-order valence-corrected chi connectivity index (χ2v) is 17.0. The number of rotatable bonds is 6. The van der Waals surface area contributed by atoms with Crippen LogP contribution in [0.4, 0.5) is 17.1 Å². The average Bonchev–Trinajstić information content (AvgIpc) is 4.04. The summed E-state index contributed by atoms with van der Waals surface area (Å²) in [4.78, 5) is 2.38. The van der Waals surface area contributed by atoms with E-state index in [0.717, 1.165) is 83.2 Å². The monoisotopic (exact) mass is 809 g/mol. The van der Waals surface area contributed by atoms with E-state index in [4.69, 9.17) is 8.83 Å². The molecule has 0 spiro atoms. The van der Waals surface area contributed by atoms with Crippen LogP contribution in [0.1, 0.15) is 0 Å². The van der Waals surface area contributed by atoms with Gasteiger partial charge >= 0.3 is 0 Å². The quantitative estimate of drug-likeness (QED) is 0.168. The Kier molecular flexibility index (Phi) is 7.78. The SMILES string of the molecule is c1ccc2c(-c3ccc(N(c4ccc(-c5cccc6c5oc5ccccc56)cc4)c4ccc(-c5cccc6c5sc5ccccc56)cc4)c4c3oc3ccccc34)cccc2c1. The van der Waals surface area contributed by atoms with Gasteiger partial charge in [-0.1, -0.05) is 158 Å². The summed E-state index contributed by atoms with van der Waals surface area (Å²) in [6.45, 7) is 0. The van der Waals surface area contributed by atoms with Crippen molar-refractivity contribution >= 4 is 103 Å². The Morgan fingerprint density at radius 3 is 1.68 bits per heavy atom. The largest absolute Gasteiger partial charge is 0.455 e. The highest BCUT2D eigenvalue weighted by Crippen LogP contribution is 2.48. The maximum absolute atomic E-state index is 6.90. The third kappa shape index (κ3) is 5.37. The lowest BCUT2D eigenvalue weighted by molar-refractivity contribution is 0.669. The normalized spacial score (nSPS) is 11.9. The summed E-state index contributed by atoms with van der Waals surface area (Å²) in [5.74, 6) is 0. The van der Waals surface area contributed by atoms with Crippen LogP contribution in [0.3, 0.4) is 0 Å². The molecule has 0 radical (unpaired) electrons. The fraction of sp³-hybridized carbons (Fsp3) is 0. The average molecular weight is 810 g/mol. The first-order valence-corrected chi connectivity index (χ1v) is 21.8. The van der Waals surface area contributed by atoms with Crippen molar-refractivity contribution in [1.82, 2.24) is 0 Å². The minimum Gasteiger partial charge on any atom is -0.455 e. The van der Waals surface area contributed by atoms with Crippen molar-refractivity contribution in [3.63, 3.8) is 0 Å². The Morgan fingerprint density at radius 1 is 0.339 bits per heavy atom. The highest BCUT2D eigenvalue weighted by molar-refractivity contribution is 7.26. The van der Waals surface area contributed by atoms with E-state index < -0.39 is 0 Å². The third-order valence-electron chi connectivity index (χ3n) is 12.5. The van der Waals surface area contributed by atoms with Crippen LogP contribution in [-0.4, -0.2) is 0 Å². The number of hydrogen-bond donors (Lipinski definition) is 0. The van der Waals surface area contributed by atoms with E-state index >= 15 is 0 Å². The van der Waals surface area contributed by atoms with Crippen molar-refractivity contribution < 1.29 is 8.83 Å². The van der Waals surface area contributed by atoms with E-state index in [2.05, 4.69) is 205 Å². The molecule has 3 aromatic heterocycles. The molecule has 13 aromatic rings. The van der Waals surface area contributed by atoms with Crippen LogP contribution in [0.5, 0.6) is 0 Å². The molecule has 0 aliphatic rings. The molecule has 62 heavy (non-hydrogen) atoms. The molecule has 3 heterocycles. The fourth-order valence-corrected chi connectivity index (χ4v) is 10.9. The first-order valence-electron chi connectivity index (χ1n) is 21.0. The summed E-state index contributed by atoms with van der Waals surface area (Å²) >= 11 is 1.86. The molecule has 0 amide bonds. The van der Waals surface area contributed by atoms with E-state index in [0.29, 0.717) is 0 Å². The molecular weight excluding hydrogens is 775 g/mol. The summed E-state index contributed by atoms with van der Waals surface area (Å²) in [5, 5.41) is 9.39. The van der Waals surface area contributed by atoms with Crippen molar-refractivity contribution in [2.45, 2.75) is 0 Å². The van der Waals surface area contributed by atoms with Gasteiger partial charge in [-0.15, -0.1) is 11.3 Å². The molecule has 0 saturated carbocycles. The molecule has 0 saturated heterocycles. The van der Waals surface area contributed by atoms with Gasteiger partial charge < -0.3 is 13.7 Å². The van der Waals surface area contributed by atoms with Gasteiger partial charge in [0.05, 0.1) is 11.1 Å². The molecular formula is C58H35NO2S. The van der Waals surface area contributed by atoms with Gasteiger partial charge in [-0.3, -0.25) is 0 Å². The Labute approximate surface area is 360 Å². The van der Waals surface area contributed by atoms with Gasteiger partial charge in [0.15, 0.2) is 0 Å². The highest BCUT2D eigenvalue weighted by atomic mass is 32.1. The molecule has 0 aliphatic heterocycles. The molecule has 0 unspecified atom stereocenters. The highest BCUT2D eigenvalue weighted by Gasteiger charge is 2.23. The number of hydrogen-bond acceptors (Lipinski definition) is 4. The Bertz CT molecular complexity index is 3710. The summed E-state index contributed by atoms with van der Waals surface area (Å²) in [7, 11) is 0. The molecule has 4 heteroatoms. The van der Waals surface area contributed by atoms with Crippen LogP contribution in [0.2, 0.25) is 0 Å². The van der Waals surface area contributed by atoms with E-state index in [1.807, 2.05) is 23.5 Å². The predicted octanol–water partition coefficient (Wildman–Crippen LogP) is 17.5. The number of anilines is 3. The van der Waals surface area contributed by atoms with Gasteiger partial charge in [-0.2, -0.15) is 0 Å². The zero-order chi connectivity index (χ0) is 40.7. The number of para-hydroxylation sites is 3. The standard InChI is InChI=1S/C58H35NO2S/c1-2-14-41-36(12-1)13-9-20-44(41)48-34-35-51(55-50-17-4-7-24-53(50)61-57(48)55)59(39-30-26-37(27-31-39)42-18-10-21-47-45-15-3-6-23-52(45)60-56(42)47)40-32-28-38(29-33-40)43-19-11-22-49-46-16-5-8-25-54(46)62-58(43)49/h1-35H. The third-order valence-corrected chi connectivity index (χ3v) is 13.7. The van der Waals surface area contributed by atoms with E-state index in [9.17, 15) is 0 Å². The second-order valence-electron chi connectivity index (χ2n) is 16.0. The van der Waals surface area contributed by atoms with E-state index in [1.165, 1.54) is 42.1 Å². The lowest BCUT2D eigenvalue weighted by Crippen LogP contribution is -2.10.